The van der Waals surface area contributed by atoms with Crippen LogP contribution in [0.4, 0.5) is 0 Å². The van der Waals surface area contributed by atoms with Crippen molar-refractivity contribution < 1.29 is 17.7 Å². The molecule has 0 aliphatic rings. The van der Waals surface area contributed by atoms with E-state index in [2.05, 4.69) is 21.2 Å². The van der Waals surface area contributed by atoms with Crippen LogP contribution in [0, 0.1) is 0 Å². The number of hydrogen-bond donors (Lipinski definition) is 0. The van der Waals surface area contributed by atoms with Crippen molar-refractivity contribution in [2.75, 3.05) is 13.4 Å². The zero-order valence-corrected chi connectivity index (χ0v) is 18.4. The highest BCUT2D eigenvalue weighted by molar-refractivity contribution is 7.90. The van der Waals surface area contributed by atoms with Crippen LogP contribution in [-0.2, 0) is 22.7 Å². The number of nitrogens with zero attached hydrogens (tertiary/aromatic N) is 3. The molecule has 4 aromatic rings. The zero-order valence-electron chi connectivity index (χ0n) is 17.6. The summed E-state index contributed by atoms with van der Waals surface area (Å²) in [5, 5.41) is 6.37. The summed E-state index contributed by atoms with van der Waals surface area (Å²) in [5.41, 5.74) is 1.97. The van der Waals surface area contributed by atoms with Crippen LogP contribution in [-0.4, -0.2) is 36.9 Å². The normalized spacial score (nSPS) is 12.7. The molecule has 0 aliphatic carbocycles. The molecule has 7 nitrogen and oxygen atoms in total. The summed E-state index contributed by atoms with van der Waals surface area (Å²) in [7, 11) is -1.92. The second-order valence-corrected chi connectivity index (χ2v) is 9.59. The molecule has 2 heterocycles. The van der Waals surface area contributed by atoms with E-state index in [0.29, 0.717) is 23.9 Å². The molecule has 0 fully saturated rings. The molecule has 0 radical (unpaired) electrons. The van der Waals surface area contributed by atoms with E-state index in [-0.39, 0.29) is 10.8 Å². The van der Waals surface area contributed by atoms with Gasteiger partial charge in [0.15, 0.2) is 15.7 Å². The molecule has 1 atom stereocenters. The number of hydrogen-bond acceptors (Lipinski definition) is 7. The minimum absolute atomic E-state index is 0.0241. The summed E-state index contributed by atoms with van der Waals surface area (Å²) < 4.78 is 34.5. The third-order valence-electron chi connectivity index (χ3n) is 5.17. The van der Waals surface area contributed by atoms with Crippen molar-refractivity contribution in [2.45, 2.75) is 30.6 Å². The van der Waals surface area contributed by atoms with Crippen LogP contribution in [0.5, 0.6) is 5.75 Å². The van der Waals surface area contributed by atoms with Gasteiger partial charge >= 0.3 is 0 Å². The number of benzene rings is 2. The Morgan fingerprint density at radius 2 is 1.94 bits per heavy atom. The molecule has 0 amide bonds. The Hall–Kier alpha value is -3.26. The summed E-state index contributed by atoms with van der Waals surface area (Å²) in [6, 6.07) is 13.1. The third-order valence-corrected chi connectivity index (χ3v) is 6.31. The zero-order chi connectivity index (χ0) is 22.0. The van der Waals surface area contributed by atoms with E-state index < -0.39 is 9.84 Å². The van der Waals surface area contributed by atoms with Crippen molar-refractivity contribution in [3.05, 3.63) is 77.7 Å². The molecule has 1 unspecified atom stereocenters. The lowest BCUT2D eigenvalue weighted by Gasteiger charge is -2.09. The fourth-order valence-electron chi connectivity index (χ4n) is 3.61. The van der Waals surface area contributed by atoms with Crippen LogP contribution in [0.15, 0.2) is 64.3 Å². The van der Waals surface area contributed by atoms with Crippen LogP contribution >= 0.6 is 0 Å². The molecule has 0 saturated carbocycles. The van der Waals surface area contributed by atoms with Gasteiger partial charge in [0.2, 0.25) is 5.89 Å². The molecular formula is C23H23N3O4S. The minimum atomic E-state index is -3.37. The van der Waals surface area contributed by atoms with Crippen molar-refractivity contribution >= 4 is 20.6 Å². The first kappa shape index (κ1) is 21.0. The Labute approximate surface area is 181 Å². The molecular weight excluding hydrogens is 414 g/mol. The molecule has 0 bridgehead atoms. The lowest BCUT2D eigenvalue weighted by atomic mass is 9.98. The Morgan fingerprint density at radius 1 is 1.13 bits per heavy atom. The highest BCUT2D eigenvalue weighted by atomic mass is 32.2. The van der Waals surface area contributed by atoms with Crippen molar-refractivity contribution in [3.63, 3.8) is 0 Å². The first-order valence-corrected chi connectivity index (χ1v) is 11.8. The number of sulfone groups is 1. The van der Waals surface area contributed by atoms with E-state index in [9.17, 15) is 8.42 Å². The van der Waals surface area contributed by atoms with E-state index in [1.54, 1.807) is 18.2 Å². The smallest absolute Gasteiger partial charge is 0.229 e. The minimum Gasteiger partial charge on any atom is -0.495 e. The predicted molar refractivity (Wildman–Crippen MR) is 117 cm³/mol. The van der Waals surface area contributed by atoms with Gasteiger partial charge < -0.3 is 9.26 Å². The molecule has 31 heavy (non-hydrogen) atoms. The standard InChI is InChI=1S/C23H23N3O4S/c1-15(10-18-14-24-13-17-6-4-5-7-19(17)18)23-25-22(26-30-23)12-16-8-9-21(31(3,27)28)20(11-16)29-2/h4-9,11,13-15H,10,12H2,1-3H3. The van der Waals surface area contributed by atoms with Crippen molar-refractivity contribution in [1.82, 2.24) is 15.1 Å². The Bertz CT molecular complexity index is 1330. The number of methoxy groups -OCH3 is 1. The third kappa shape index (κ3) is 4.59. The molecule has 4 rings (SSSR count). The highest BCUT2D eigenvalue weighted by Gasteiger charge is 2.18. The van der Waals surface area contributed by atoms with Gasteiger partial charge in [-0.15, -0.1) is 0 Å². The quantitative estimate of drug-likeness (QED) is 0.432. The number of pyridine rings is 1. The molecule has 8 heteroatoms. The number of rotatable bonds is 7. The molecule has 2 aromatic carbocycles. The van der Waals surface area contributed by atoms with E-state index in [0.717, 1.165) is 29.2 Å². The Morgan fingerprint density at radius 3 is 2.71 bits per heavy atom. The van der Waals surface area contributed by atoms with Gasteiger partial charge in [0.05, 0.1) is 7.11 Å². The number of aromatic nitrogens is 3. The van der Waals surface area contributed by atoms with Gasteiger partial charge in [-0.25, -0.2) is 8.42 Å². The van der Waals surface area contributed by atoms with E-state index in [4.69, 9.17) is 9.26 Å². The topological polar surface area (TPSA) is 95.2 Å². The lowest BCUT2D eigenvalue weighted by molar-refractivity contribution is 0.355. The summed E-state index contributed by atoms with van der Waals surface area (Å²) in [6.07, 6.45) is 6.03. The van der Waals surface area contributed by atoms with Gasteiger partial charge in [0.1, 0.15) is 10.6 Å². The van der Waals surface area contributed by atoms with Crippen molar-refractivity contribution in [2.24, 2.45) is 0 Å². The predicted octanol–water partition coefficient (Wildman–Crippen LogP) is 3.97. The first-order valence-electron chi connectivity index (χ1n) is 9.86. The van der Waals surface area contributed by atoms with Crippen molar-refractivity contribution in [1.29, 1.82) is 0 Å². The highest BCUT2D eigenvalue weighted by Crippen LogP contribution is 2.27. The molecule has 0 aliphatic heterocycles. The molecule has 0 N–H and O–H groups in total. The fraction of sp³-hybridized carbons (Fsp3) is 0.261. The van der Waals surface area contributed by atoms with Crippen LogP contribution < -0.4 is 4.74 Å². The largest absolute Gasteiger partial charge is 0.495 e. The van der Waals surface area contributed by atoms with Gasteiger partial charge in [-0.1, -0.05) is 42.4 Å². The first-order chi connectivity index (χ1) is 14.8. The average Bonchev–Trinajstić information content (AvgIpc) is 3.22. The van der Waals surface area contributed by atoms with E-state index >= 15 is 0 Å². The van der Waals surface area contributed by atoms with Gasteiger partial charge in [-0.3, -0.25) is 4.98 Å². The van der Waals surface area contributed by atoms with Crippen LogP contribution in [0.3, 0.4) is 0 Å². The van der Waals surface area contributed by atoms with E-state index in [1.807, 2.05) is 37.5 Å². The van der Waals surface area contributed by atoms with Crippen molar-refractivity contribution in [3.8, 4) is 5.75 Å². The second kappa shape index (κ2) is 8.47. The van der Waals surface area contributed by atoms with Gasteiger partial charge in [-0.05, 0) is 35.1 Å². The second-order valence-electron chi connectivity index (χ2n) is 7.61. The molecule has 160 valence electrons. The summed E-state index contributed by atoms with van der Waals surface area (Å²) in [5.74, 6) is 1.42. The maximum absolute atomic E-state index is 11.9. The van der Waals surface area contributed by atoms with Gasteiger partial charge in [0.25, 0.3) is 0 Å². The Balaban J connectivity index is 1.52. The number of ether oxygens (including phenoxy) is 1. The van der Waals surface area contributed by atoms with Gasteiger partial charge in [0, 0.05) is 36.4 Å². The van der Waals surface area contributed by atoms with E-state index in [1.165, 1.54) is 12.5 Å². The maximum atomic E-state index is 11.9. The monoisotopic (exact) mass is 437 g/mol. The SMILES string of the molecule is COc1cc(Cc2noc(C(C)Cc3cncc4ccccc34)n2)ccc1S(C)(=O)=O. The summed E-state index contributed by atoms with van der Waals surface area (Å²) in [4.78, 5) is 9.05. The lowest BCUT2D eigenvalue weighted by Crippen LogP contribution is -2.02. The molecule has 2 aromatic heterocycles. The van der Waals surface area contributed by atoms with Crippen LogP contribution in [0.25, 0.3) is 10.8 Å². The maximum Gasteiger partial charge on any atom is 0.229 e. The number of fused-ring (bicyclic) bond motifs is 1. The van der Waals surface area contributed by atoms with Crippen LogP contribution in [0.1, 0.15) is 35.7 Å². The van der Waals surface area contributed by atoms with Gasteiger partial charge in [-0.2, -0.15) is 4.98 Å². The molecule has 0 saturated heterocycles. The summed E-state index contributed by atoms with van der Waals surface area (Å²) in [6.45, 7) is 2.04. The Kier molecular flexibility index (Phi) is 5.73. The fourth-order valence-corrected chi connectivity index (χ4v) is 4.43. The average molecular weight is 438 g/mol. The molecule has 0 spiro atoms. The summed E-state index contributed by atoms with van der Waals surface area (Å²) >= 11 is 0. The van der Waals surface area contributed by atoms with Crippen LogP contribution in [0.2, 0.25) is 0 Å².